The number of anilines is 1. The summed E-state index contributed by atoms with van der Waals surface area (Å²) in [4.78, 5) is 12.0. The average Bonchev–Trinajstić information content (AvgIpc) is 2.98. The average molecular weight is 413 g/mol. The van der Waals surface area contributed by atoms with E-state index in [2.05, 4.69) is 15.5 Å². The number of aromatic nitrogens is 2. The summed E-state index contributed by atoms with van der Waals surface area (Å²) in [6, 6.07) is 12.1. The normalized spacial score (nSPS) is 16.0. The lowest BCUT2D eigenvalue weighted by molar-refractivity contribution is -0.113. The van der Waals surface area contributed by atoms with Crippen molar-refractivity contribution in [2.75, 3.05) is 18.2 Å². The number of nitrogens with zero attached hydrogens (tertiary/aromatic N) is 1. The lowest BCUT2D eigenvalue weighted by Gasteiger charge is -2.18. The summed E-state index contributed by atoms with van der Waals surface area (Å²) in [6.45, 7) is 2.01. The van der Waals surface area contributed by atoms with Gasteiger partial charge in [0.25, 0.3) is 0 Å². The van der Waals surface area contributed by atoms with Gasteiger partial charge in [0.15, 0.2) is 17.3 Å². The topological polar surface area (TPSA) is 76.2 Å². The number of fused-ring (bicyclic) bond motifs is 1. The van der Waals surface area contributed by atoms with Gasteiger partial charge in [0.1, 0.15) is 12.4 Å². The Bertz CT molecular complexity index is 1050. The Morgan fingerprint density at radius 2 is 2.07 bits per heavy atom. The number of carbonyl (C=O) groups is 1. The molecule has 6 nitrogen and oxygen atoms in total. The van der Waals surface area contributed by atoms with E-state index >= 15 is 0 Å². The number of hydrogen-bond donors (Lipinski definition) is 2. The van der Waals surface area contributed by atoms with E-state index in [-0.39, 0.29) is 23.6 Å². The van der Waals surface area contributed by atoms with Gasteiger partial charge in [0.05, 0.1) is 18.1 Å². The van der Waals surface area contributed by atoms with E-state index in [1.807, 2.05) is 25.1 Å². The van der Waals surface area contributed by atoms with Crippen LogP contribution in [0.25, 0.3) is 0 Å². The first-order chi connectivity index (χ1) is 14.1. The number of benzene rings is 2. The van der Waals surface area contributed by atoms with Crippen LogP contribution in [0, 0.1) is 12.7 Å². The second kappa shape index (κ2) is 8.16. The highest BCUT2D eigenvalue weighted by atomic mass is 32.2. The van der Waals surface area contributed by atoms with Gasteiger partial charge < -0.3 is 14.8 Å². The van der Waals surface area contributed by atoms with Crippen LogP contribution in [0.5, 0.6) is 11.5 Å². The zero-order valence-corrected chi connectivity index (χ0v) is 16.8. The van der Waals surface area contributed by atoms with Gasteiger partial charge in [-0.3, -0.25) is 9.89 Å². The maximum Gasteiger partial charge on any atom is 0.235 e. The summed E-state index contributed by atoms with van der Waals surface area (Å²) in [6.07, 6.45) is 0. The third-order valence-electron chi connectivity index (χ3n) is 4.73. The Morgan fingerprint density at radius 3 is 2.86 bits per heavy atom. The minimum atomic E-state index is -0.315. The van der Waals surface area contributed by atoms with Gasteiger partial charge >= 0.3 is 0 Å². The van der Waals surface area contributed by atoms with E-state index in [4.69, 9.17) is 9.47 Å². The Hall–Kier alpha value is -3.00. The molecule has 1 aliphatic rings. The van der Waals surface area contributed by atoms with Gasteiger partial charge in [-0.25, -0.2) is 4.39 Å². The number of nitrogens with one attached hydrogen (secondary N) is 2. The van der Waals surface area contributed by atoms with Crippen molar-refractivity contribution in [2.45, 2.75) is 18.8 Å². The highest BCUT2D eigenvalue weighted by Crippen LogP contribution is 2.44. The first-order valence-corrected chi connectivity index (χ1v) is 10.1. The monoisotopic (exact) mass is 413 g/mol. The molecule has 2 heterocycles. The molecule has 0 saturated carbocycles. The molecule has 3 aromatic rings. The van der Waals surface area contributed by atoms with E-state index in [0.29, 0.717) is 28.6 Å². The van der Waals surface area contributed by atoms with E-state index in [1.54, 1.807) is 25.3 Å². The zero-order valence-electron chi connectivity index (χ0n) is 16.0. The van der Waals surface area contributed by atoms with Gasteiger partial charge in [0.2, 0.25) is 5.91 Å². The second-order valence-electron chi connectivity index (χ2n) is 6.64. The summed E-state index contributed by atoms with van der Waals surface area (Å²) in [5, 5.41) is 9.88. The molecule has 150 valence electrons. The van der Waals surface area contributed by atoms with Crippen molar-refractivity contribution >= 4 is 23.5 Å². The number of ether oxygens (including phenoxy) is 2. The fourth-order valence-electron chi connectivity index (χ4n) is 3.27. The number of aryl methyl sites for hydroxylation is 1. The molecule has 0 bridgehead atoms. The maximum absolute atomic E-state index is 13.9. The fraction of sp³-hybridized carbons (Fsp3) is 0.238. The van der Waals surface area contributed by atoms with Crippen molar-refractivity contribution in [3.63, 3.8) is 0 Å². The van der Waals surface area contributed by atoms with Crippen LogP contribution in [0.4, 0.5) is 10.2 Å². The molecule has 29 heavy (non-hydrogen) atoms. The first kappa shape index (κ1) is 19.3. The quantitative estimate of drug-likeness (QED) is 0.655. The van der Waals surface area contributed by atoms with Gasteiger partial charge in [-0.15, -0.1) is 11.8 Å². The summed E-state index contributed by atoms with van der Waals surface area (Å²) in [7, 11) is 1.56. The van der Waals surface area contributed by atoms with E-state index in [1.165, 1.54) is 17.8 Å². The minimum absolute atomic E-state index is 0.0837. The lowest BCUT2D eigenvalue weighted by Crippen LogP contribution is -2.12. The number of thioether (sulfide) groups is 1. The predicted octanol–water partition coefficient (Wildman–Crippen LogP) is 4.22. The van der Waals surface area contributed by atoms with Crippen LogP contribution in [0.2, 0.25) is 0 Å². The third kappa shape index (κ3) is 3.93. The summed E-state index contributed by atoms with van der Waals surface area (Å²) in [5.74, 6) is 1.53. The van der Waals surface area contributed by atoms with Crippen LogP contribution in [-0.2, 0) is 11.4 Å². The zero-order chi connectivity index (χ0) is 20.4. The van der Waals surface area contributed by atoms with Crippen molar-refractivity contribution in [1.29, 1.82) is 0 Å². The molecule has 1 atom stereocenters. The molecule has 0 radical (unpaired) electrons. The summed E-state index contributed by atoms with van der Waals surface area (Å²) in [5.41, 5.74) is 3.24. The van der Waals surface area contributed by atoms with Crippen molar-refractivity contribution in [3.8, 4) is 11.5 Å². The summed E-state index contributed by atoms with van der Waals surface area (Å²) >= 11 is 1.52. The molecular formula is C21H20FN3O3S. The molecule has 0 spiro atoms. The Balaban J connectivity index is 1.67. The predicted molar refractivity (Wildman–Crippen MR) is 110 cm³/mol. The first-order valence-electron chi connectivity index (χ1n) is 9.07. The minimum Gasteiger partial charge on any atom is -0.493 e. The SMILES string of the molecule is COc1ccc([C@@H]2SCC(=O)Nc3n[nH]c(C)c32)cc1OCc1ccccc1F. The molecule has 0 unspecified atom stereocenters. The van der Waals surface area contributed by atoms with E-state index in [0.717, 1.165) is 16.8 Å². The Kier molecular flexibility index (Phi) is 5.44. The van der Waals surface area contributed by atoms with Crippen LogP contribution in [0.1, 0.15) is 27.6 Å². The van der Waals surface area contributed by atoms with Crippen LogP contribution in [0.3, 0.4) is 0 Å². The second-order valence-corrected chi connectivity index (χ2v) is 7.73. The highest BCUT2D eigenvalue weighted by Gasteiger charge is 2.28. The standard InChI is InChI=1S/C21H20FN3O3S/c1-12-19-20(29-11-18(26)23-21(19)25-24-12)13-7-8-16(27-2)17(9-13)28-10-14-5-3-4-6-15(14)22/h3-9,20H,10-11H2,1-2H3,(H2,23,24,25,26)/t20-/m0/s1. The lowest BCUT2D eigenvalue weighted by atomic mass is 10.0. The Morgan fingerprint density at radius 1 is 1.24 bits per heavy atom. The third-order valence-corrected chi connectivity index (χ3v) is 6.00. The van der Waals surface area contributed by atoms with Crippen molar-refractivity contribution in [1.82, 2.24) is 10.2 Å². The van der Waals surface area contributed by atoms with E-state index in [9.17, 15) is 9.18 Å². The molecule has 1 aliphatic heterocycles. The van der Waals surface area contributed by atoms with Gasteiger partial charge in [-0.1, -0.05) is 24.3 Å². The molecule has 2 N–H and O–H groups in total. The number of carbonyl (C=O) groups excluding carboxylic acids is 1. The molecule has 1 aromatic heterocycles. The molecule has 0 aliphatic carbocycles. The number of amides is 1. The highest BCUT2D eigenvalue weighted by molar-refractivity contribution is 8.00. The summed E-state index contributed by atoms with van der Waals surface area (Å²) < 4.78 is 25.3. The molecule has 4 rings (SSSR count). The molecule has 0 fully saturated rings. The number of methoxy groups -OCH3 is 1. The molecule has 1 amide bonds. The largest absolute Gasteiger partial charge is 0.493 e. The number of halogens is 1. The van der Waals surface area contributed by atoms with Gasteiger partial charge in [-0.05, 0) is 30.7 Å². The van der Waals surface area contributed by atoms with Crippen LogP contribution >= 0.6 is 11.8 Å². The van der Waals surface area contributed by atoms with Crippen molar-refractivity contribution in [3.05, 3.63) is 70.7 Å². The number of hydrogen-bond acceptors (Lipinski definition) is 5. The van der Waals surface area contributed by atoms with Crippen LogP contribution in [-0.4, -0.2) is 29.0 Å². The van der Waals surface area contributed by atoms with Gasteiger partial charge in [0, 0.05) is 16.8 Å². The number of rotatable bonds is 5. The maximum atomic E-state index is 13.9. The fourth-order valence-corrected chi connectivity index (χ4v) is 4.45. The Labute approximate surface area is 171 Å². The molecular weight excluding hydrogens is 393 g/mol. The number of H-pyrrole nitrogens is 1. The van der Waals surface area contributed by atoms with Crippen molar-refractivity contribution in [2.24, 2.45) is 0 Å². The molecule has 0 saturated heterocycles. The van der Waals surface area contributed by atoms with E-state index < -0.39 is 0 Å². The van der Waals surface area contributed by atoms with Crippen LogP contribution in [0.15, 0.2) is 42.5 Å². The smallest absolute Gasteiger partial charge is 0.235 e. The number of aromatic amines is 1. The van der Waals surface area contributed by atoms with Crippen LogP contribution < -0.4 is 14.8 Å². The molecule has 8 heteroatoms. The molecule has 2 aromatic carbocycles. The van der Waals surface area contributed by atoms with Gasteiger partial charge in [-0.2, -0.15) is 5.10 Å². The van der Waals surface area contributed by atoms with Crippen molar-refractivity contribution < 1.29 is 18.7 Å².